The van der Waals surface area contributed by atoms with E-state index in [1.807, 2.05) is 0 Å². The molecule has 0 aromatic heterocycles. The van der Waals surface area contributed by atoms with E-state index in [1.165, 1.54) is 51.4 Å². The fourth-order valence-electron chi connectivity index (χ4n) is 2.20. The quantitative estimate of drug-likeness (QED) is 0.511. The molecule has 0 aliphatic rings. The molecule has 0 amide bonds. The lowest BCUT2D eigenvalue weighted by Crippen LogP contribution is -2.20. The highest BCUT2D eigenvalue weighted by Gasteiger charge is 2.12. The summed E-state index contributed by atoms with van der Waals surface area (Å²) in [5.41, 5.74) is 0. The van der Waals surface area contributed by atoms with Crippen LogP contribution in [0.4, 0.5) is 0 Å². The lowest BCUT2D eigenvalue weighted by Gasteiger charge is -2.16. The fraction of sp³-hybridized carbons (Fsp3) is 1.00. The number of hydrogen-bond acceptors (Lipinski definition) is 2. The Morgan fingerprint density at radius 1 is 0.824 bits per heavy atom. The molecule has 0 spiro atoms. The van der Waals surface area contributed by atoms with E-state index in [1.54, 1.807) is 6.92 Å². The van der Waals surface area contributed by atoms with E-state index < -0.39 is 0 Å². The average Bonchev–Trinajstić information content (AvgIpc) is 2.31. The maximum absolute atomic E-state index is 9.38. The molecule has 2 unspecified atom stereocenters. The van der Waals surface area contributed by atoms with Gasteiger partial charge in [-0.3, -0.25) is 0 Å². The second-order valence-electron chi connectivity index (χ2n) is 5.30. The summed E-state index contributed by atoms with van der Waals surface area (Å²) in [6.45, 7) is 4.14. The predicted octanol–water partition coefficient (Wildman–Crippen LogP) is 3.90. The minimum Gasteiger partial charge on any atom is -0.396 e. The topological polar surface area (TPSA) is 40.5 Å². The zero-order valence-electron chi connectivity index (χ0n) is 11.8. The van der Waals surface area contributed by atoms with Gasteiger partial charge in [-0.2, -0.15) is 0 Å². The van der Waals surface area contributed by atoms with Crippen LogP contribution in [0.25, 0.3) is 0 Å². The smallest absolute Gasteiger partial charge is 0.0562 e. The number of hydrogen-bond donors (Lipinski definition) is 2. The SMILES string of the molecule is CCCCCCCCCCCC(CO)C(C)O. The van der Waals surface area contributed by atoms with Crippen LogP contribution < -0.4 is 0 Å². The van der Waals surface area contributed by atoms with Gasteiger partial charge in [0.15, 0.2) is 0 Å². The Balaban J connectivity index is 3.17. The summed E-state index contributed by atoms with van der Waals surface area (Å²) in [5, 5.41) is 18.4. The molecule has 2 N–H and O–H groups in total. The van der Waals surface area contributed by atoms with E-state index in [0.717, 1.165) is 12.8 Å². The van der Waals surface area contributed by atoms with E-state index in [0.29, 0.717) is 0 Å². The van der Waals surface area contributed by atoms with Gasteiger partial charge in [0, 0.05) is 12.5 Å². The molecule has 0 saturated carbocycles. The molecule has 0 heterocycles. The first-order chi connectivity index (χ1) is 8.22. The number of unbranched alkanes of at least 4 members (excludes halogenated alkanes) is 8. The van der Waals surface area contributed by atoms with Gasteiger partial charge in [-0.05, 0) is 13.3 Å². The summed E-state index contributed by atoms with van der Waals surface area (Å²) in [4.78, 5) is 0. The summed E-state index contributed by atoms with van der Waals surface area (Å²) < 4.78 is 0. The molecule has 0 rings (SSSR count). The van der Waals surface area contributed by atoms with Crippen molar-refractivity contribution in [2.24, 2.45) is 5.92 Å². The van der Waals surface area contributed by atoms with Gasteiger partial charge in [0.25, 0.3) is 0 Å². The highest BCUT2D eigenvalue weighted by atomic mass is 16.3. The van der Waals surface area contributed by atoms with Crippen LogP contribution in [0.1, 0.15) is 78.1 Å². The Morgan fingerprint density at radius 2 is 1.29 bits per heavy atom. The van der Waals surface area contributed by atoms with Crippen LogP contribution in [-0.2, 0) is 0 Å². The average molecular weight is 244 g/mol. The standard InChI is InChI=1S/C15H32O2/c1-3-4-5-6-7-8-9-10-11-12-15(13-16)14(2)17/h14-17H,3-13H2,1-2H3. The maximum atomic E-state index is 9.38. The Kier molecular flexibility index (Phi) is 12.3. The molecular weight excluding hydrogens is 212 g/mol. The molecule has 0 bridgehead atoms. The monoisotopic (exact) mass is 244 g/mol. The molecule has 0 radical (unpaired) electrons. The predicted molar refractivity (Wildman–Crippen MR) is 74.1 cm³/mol. The van der Waals surface area contributed by atoms with Crippen LogP contribution in [-0.4, -0.2) is 22.9 Å². The molecule has 0 aromatic carbocycles. The number of aliphatic hydroxyl groups excluding tert-OH is 2. The Morgan fingerprint density at radius 3 is 1.71 bits per heavy atom. The maximum Gasteiger partial charge on any atom is 0.0562 e. The van der Waals surface area contributed by atoms with E-state index in [-0.39, 0.29) is 18.6 Å². The minimum atomic E-state index is -0.367. The van der Waals surface area contributed by atoms with Crippen molar-refractivity contribution in [3.8, 4) is 0 Å². The third kappa shape index (κ3) is 10.8. The fourth-order valence-corrected chi connectivity index (χ4v) is 2.20. The van der Waals surface area contributed by atoms with Gasteiger partial charge >= 0.3 is 0 Å². The van der Waals surface area contributed by atoms with Crippen molar-refractivity contribution < 1.29 is 10.2 Å². The normalized spacial score (nSPS) is 14.8. The van der Waals surface area contributed by atoms with Crippen molar-refractivity contribution in [2.45, 2.75) is 84.2 Å². The van der Waals surface area contributed by atoms with Gasteiger partial charge in [0.2, 0.25) is 0 Å². The summed E-state index contributed by atoms with van der Waals surface area (Å²) in [5.74, 6) is 0.0829. The van der Waals surface area contributed by atoms with Crippen LogP contribution >= 0.6 is 0 Å². The first-order valence-electron chi connectivity index (χ1n) is 7.51. The molecule has 0 fully saturated rings. The molecule has 0 aliphatic heterocycles. The Hall–Kier alpha value is -0.0800. The van der Waals surface area contributed by atoms with Crippen LogP contribution in [0.15, 0.2) is 0 Å². The minimum absolute atomic E-state index is 0.0829. The largest absolute Gasteiger partial charge is 0.396 e. The molecule has 2 nitrogen and oxygen atoms in total. The van der Waals surface area contributed by atoms with Crippen molar-refractivity contribution in [2.75, 3.05) is 6.61 Å². The zero-order valence-corrected chi connectivity index (χ0v) is 11.8. The van der Waals surface area contributed by atoms with Gasteiger partial charge < -0.3 is 10.2 Å². The third-order valence-electron chi connectivity index (χ3n) is 3.60. The van der Waals surface area contributed by atoms with Crippen LogP contribution in [0.2, 0.25) is 0 Å². The first-order valence-corrected chi connectivity index (χ1v) is 7.51. The van der Waals surface area contributed by atoms with E-state index in [2.05, 4.69) is 6.92 Å². The number of rotatable bonds is 12. The molecule has 17 heavy (non-hydrogen) atoms. The molecule has 2 heteroatoms. The van der Waals surface area contributed by atoms with Gasteiger partial charge in [-0.15, -0.1) is 0 Å². The highest BCUT2D eigenvalue weighted by molar-refractivity contribution is 4.63. The molecular formula is C15H32O2. The van der Waals surface area contributed by atoms with Gasteiger partial charge in [-0.25, -0.2) is 0 Å². The van der Waals surface area contributed by atoms with Gasteiger partial charge in [-0.1, -0.05) is 64.7 Å². The second-order valence-corrected chi connectivity index (χ2v) is 5.30. The second kappa shape index (κ2) is 12.4. The van der Waals surface area contributed by atoms with E-state index >= 15 is 0 Å². The molecule has 0 saturated heterocycles. The summed E-state index contributed by atoms with van der Waals surface area (Å²) in [7, 11) is 0. The van der Waals surface area contributed by atoms with Gasteiger partial charge in [0.1, 0.15) is 0 Å². The van der Waals surface area contributed by atoms with Crippen LogP contribution in [0.3, 0.4) is 0 Å². The van der Waals surface area contributed by atoms with E-state index in [4.69, 9.17) is 5.11 Å². The lowest BCUT2D eigenvalue weighted by atomic mass is 9.96. The lowest BCUT2D eigenvalue weighted by molar-refractivity contribution is 0.0741. The molecule has 104 valence electrons. The van der Waals surface area contributed by atoms with Crippen molar-refractivity contribution in [3.63, 3.8) is 0 Å². The van der Waals surface area contributed by atoms with Crippen molar-refractivity contribution in [1.82, 2.24) is 0 Å². The third-order valence-corrected chi connectivity index (χ3v) is 3.60. The number of aliphatic hydroxyl groups is 2. The first kappa shape index (κ1) is 16.9. The zero-order chi connectivity index (χ0) is 12.9. The summed E-state index contributed by atoms with van der Waals surface area (Å²) in [6.07, 6.45) is 12.5. The molecule has 0 aromatic rings. The summed E-state index contributed by atoms with van der Waals surface area (Å²) >= 11 is 0. The van der Waals surface area contributed by atoms with Crippen LogP contribution in [0, 0.1) is 5.92 Å². The van der Waals surface area contributed by atoms with Crippen LogP contribution in [0.5, 0.6) is 0 Å². The molecule has 2 atom stereocenters. The van der Waals surface area contributed by atoms with Crippen molar-refractivity contribution >= 4 is 0 Å². The van der Waals surface area contributed by atoms with Crippen molar-refractivity contribution in [1.29, 1.82) is 0 Å². The Labute approximate surface area is 107 Å². The molecule has 0 aliphatic carbocycles. The van der Waals surface area contributed by atoms with E-state index in [9.17, 15) is 5.11 Å². The highest BCUT2D eigenvalue weighted by Crippen LogP contribution is 2.15. The summed E-state index contributed by atoms with van der Waals surface area (Å²) in [6, 6.07) is 0. The van der Waals surface area contributed by atoms with Gasteiger partial charge in [0.05, 0.1) is 6.10 Å². The van der Waals surface area contributed by atoms with Crippen molar-refractivity contribution in [3.05, 3.63) is 0 Å². The Bertz CT molecular complexity index is 146.